The molecule has 2 rings (SSSR count). The molecule has 1 amide bonds. The summed E-state index contributed by atoms with van der Waals surface area (Å²) in [4.78, 5) is 11.5. The number of hydrogen-bond donors (Lipinski definition) is 2. The van der Waals surface area contributed by atoms with Crippen molar-refractivity contribution in [3.63, 3.8) is 0 Å². The Labute approximate surface area is 122 Å². The highest BCUT2D eigenvalue weighted by molar-refractivity contribution is 6.30. The van der Waals surface area contributed by atoms with Crippen molar-refractivity contribution < 1.29 is 4.79 Å². The minimum Gasteiger partial charge on any atom is -0.339 e. The van der Waals surface area contributed by atoms with Crippen molar-refractivity contribution >= 4 is 34.8 Å². The first-order chi connectivity index (χ1) is 9.54. The van der Waals surface area contributed by atoms with Gasteiger partial charge in [-0.3, -0.25) is 4.79 Å². The number of carbonyl (C=O) groups excluding carboxylic acids is 1. The van der Waals surface area contributed by atoms with Crippen molar-refractivity contribution in [2.45, 2.75) is 13.8 Å². The van der Waals surface area contributed by atoms with Crippen LogP contribution in [-0.4, -0.2) is 16.1 Å². The Morgan fingerprint density at radius 2 is 1.85 bits per heavy atom. The fourth-order valence-corrected chi connectivity index (χ4v) is 1.64. The zero-order valence-electron chi connectivity index (χ0n) is 11.2. The predicted octanol–water partition coefficient (Wildman–Crippen LogP) is 3.47. The third-order valence-electron chi connectivity index (χ3n) is 2.54. The van der Waals surface area contributed by atoms with Crippen molar-refractivity contribution in [2.75, 3.05) is 10.6 Å². The maximum atomic E-state index is 11.5. The summed E-state index contributed by atoms with van der Waals surface area (Å²) < 4.78 is 0. The average Bonchev–Trinajstić information content (AvgIpc) is 2.41. The Hall–Kier alpha value is -2.14. The first-order valence-electron chi connectivity index (χ1n) is 6.22. The molecule has 0 fully saturated rings. The van der Waals surface area contributed by atoms with E-state index in [9.17, 15) is 4.79 Å². The minimum absolute atomic E-state index is 0.0881. The van der Waals surface area contributed by atoms with Crippen LogP contribution in [0.5, 0.6) is 0 Å². The quantitative estimate of drug-likeness (QED) is 0.905. The summed E-state index contributed by atoms with van der Waals surface area (Å²) in [5.74, 6) is 0.825. The second-order valence-corrected chi connectivity index (χ2v) is 5.02. The number of hydrogen-bond acceptors (Lipinski definition) is 4. The van der Waals surface area contributed by atoms with E-state index in [4.69, 9.17) is 11.6 Å². The Morgan fingerprint density at radius 1 is 1.15 bits per heavy atom. The van der Waals surface area contributed by atoms with Crippen molar-refractivity contribution in [3.05, 3.63) is 41.4 Å². The molecule has 0 aliphatic rings. The summed E-state index contributed by atoms with van der Waals surface area (Å²) in [6.45, 7) is 3.63. The maximum absolute atomic E-state index is 11.5. The summed E-state index contributed by atoms with van der Waals surface area (Å²) in [6, 6.07) is 10.7. The molecule has 1 aromatic carbocycles. The van der Waals surface area contributed by atoms with Crippen molar-refractivity contribution in [1.29, 1.82) is 0 Å². The summed E-state index contributed by atoms with van der Waals surface area (Å²) >= 11 is 5.90. The molecule has 0 aliphatic carbocycles. The van der Waals surface area contributed by atoms with Crippen LogP contribution < -0.4 is 10.6 Å². The molecule has 0 radical (unpaired) electrons. The fourth-order valence-electron chi connectivity index (χ4n) is 1.45. The van der Waals surface area contributed by atoms with Crippen LogP contribution in [0.4, 0.5) is 17.3 Å². The molecule has 0 saturated heterocycles. The summed E-state index contributed by atoms with van der Waals surface area (Å²) in [5.41, 5.74) is 0.825. The SMILES string of the molecule is CC(C)C(=O)Nc1ccc(Nc2cccc(Cl)c2)nn1. The Kier molecular flexibility index (Phi) is 4.53. The van der Waals surface area contributed by atoms with Gasteiger partial charge in [0.05, 0.1) is 0 Å². The molecule has 0 aliphatic heterocycles. The van der Waals surface area contributed by atoms with Crippen LogP contribution in [0.15, 0.2) is 36.4 Å². The molecule has 0 atom stereocenters. The molecule has 5 nitrogen and oxygen atoms in total. The number of halogens is 1. The van der Waals surface area contributed by atoms with Gasteiger partial charge >= 0.3 is 0 Å². The topological polar surface area (TPSA) is 66.9 Å². The monoisotopic (exact) mass is 290 g/mol. The van der Waals surface area contributed by atoms with E-state index in [2.05, 4.69) is 20.8 Å². The van der Waals surface area contributed by atoms with Crippen LogP contribution in [0.1, 0.15) is 13.8 Å². The predicted molar refractivity (Wildman–Crippen MR) is 80.2 cm³/mol. The third kappa shape index (κ3) is 3.93. The van der Waals surface area contributed by atoms with Gasteiger partial charge in [-0.15, -0.1) is 10.2 Å². The molecule has 0 bridgehead atoms. The average molecular weight is 291 g/mol. The molecular weight excluding hydrogens is 276 g/mol. The Bertz CT molecular complexity index is 598. The van der Waals surface area contributed by atoms with Gasteiger partial charge in [0.25, 0.3) is 0 Å². The first-order valence-corrected chi connectivity index (χ1v) is 6.59. The highest BCUT2D eigenvalue weighted by Crippen LogP contribution is 2.18. The highest BCUT2D eigenvalue weighted by atomic mass is 35.5. The lowest BCUT2D eigenvalue weighted by molar-refractivity contribution is -0.118. The first kappa shape index (κ1) is 14.3. The molecule has 104 valence electrons. The van der Waals surface area contributed by atoms with Crippen molar-refractivity contribution in [1.82, 2.24) is 10.2 Å². The van der Waals surface area contributed by atoms with Crippen LogP contribution in [0.3, 0.4) is 0 Å². The molecule has 0 spiro atoms. The lowest BCUT2D eigenvalue weighted by Gasteiger charge is -2.08. The number of benzene rings is 1. The normalized spacial score (nSPS) is 10.4. The van der Waals surface area contributed by atoms with Gasteiger partial charge in [-0.25, -0.2) is 0 Å². The van der Waals surface area contributed by atoms with Gasteiger partial charge in [0.2, 0.25) is 5.91 Å². The van der Waals surface area contributed by atoms with Gasteiger partial charge in [-0.05, 0) is 30.3 Å². The van der Waals surface area contributed by atoms with Gasteiger partial charge in [0, 0.05) is 16.6 Å². The summed E-state index contributed by atoms with van der Waals surface area (Å²) in [7, 11) is 0. The number of amides is 1. The summed E-state index contributed by atoms with van der Waals surface area (Å²) in [6.07, 6.45) is 0. The third-order valence-corrected chi connectivity index (χ3v) is 2.77. The van der Waals surface area contributed by atoms with Gasteiger partial charge in [-0.2, -0.15) is 0 Å². The number of nitrogens with zero attached hydrogens (tertiary/aromatic N) is 2. The number of rotatable bonds is 4. The number of anilines is 3. The van der Waals surface area contributed by atoms with Gasteiger partial charge in [-0.1, -0.05) is 31.5 Å². The van der Waals surface area contributed by atoms with Crippen molar-refractivity contribution in [3.8, 4) is 0 Å². The number of nitrogens with one attached hydrogen (secondary N) is 2. The smallest absolute Gasteiger partial charge is 0.228 e. The Balaban J connectivity index is 2.03. The van der Waals surface area contributed by atoms with Gasteiger partial charge in [0.1, 0.15) is 0 Å². The van der Waals surface area contributed by atoms with Crippen molar-refractivity contribution in [2.24, 2.45) is 5.92 Å². The highest BCUT2D eigenvalue weighted by Gasteiger charge is 2.08. The molecular formula is C14H15ClN4O. The minimum atomic E-state index is -0.0962. The molecule has 1 heterocycles. The molecule has 0 unspecified atom stereocenters. The van der Waals surface area contributed by atoms with Crippen LogP contribution in [0, 0.1) is 5.92 Å². The molecule has 2 aromatic rings. The molecule has 20 heavy (non-hydrogen) atoms. The second kappa shape index (κ2) is 6.34. The van der Waals surface area contributed by atoms with Crippen LogP contribution in [-0.2, 0) is 4.79 Å². The van der Waals surface area contributed by atoms with E-state index in [0.29, 0.717) is 16.7 Å². The number of aromatic nitrogens is 2. The summed E-state index contributed by atoms with van der Waals surface area (Å²) in [5, 5.41) is 14.3. The number of carbonyl (C=O) groups is 1. The van der Waals surface area contributed by atoms with E-state index >= 15 is 0 Å². The van der Waals surface area contributed by atoms with Crippen LogP contribution in [0.25, 0.3) is 0 Å². The molecule has 2 N–H and O–H groups in total. The molecule has 6 heteroatoms. The second-order valence-electron chi connectivity index (χ2n) is 4.58. The molecule has 1 aromatic heterocycles. The van der Waals surface area contributed by atoms with E-state index in [1.807, 2.05) is 26.0 Å². The fraction of sp³-hybridized carbons (Fsp3) is 0.214. The molecule has 0 saturated carbocycles. The van der Waals surface area contributed by atoms with Crippen LogP contribution in [0.2, 0.25) is 5.02 Å². The zero-order valence-corrected chi connectivity index (χ0v) is 12.0. The van der Waals surface area contributed by atoms with E-state index in [-0.39, 0.29) is 11.8 Å². The van der Waals surface area contributed by atoms with Gasteiger partial charge < -0.3 is 10.6 Å². The Morgan fingerprint density at radius 3 is 2.45 bits per heavy atom. The van der Waals surface area contributed by atoms with E-state index in [1.54, 1.807) is 24.3 Å². The largest absolute Gasteiger partial charge is 0.339 e. The lowest BCUT2D eigenvalue weighted by Crippen LogP contribution is -2.18. The van der Waals surface area contributed by atoms with Gasteiger partial charge in [0.15, 0.2) is 11.6 Å². The van der Waals surface area contributed by atoms with E-state index < -0.39 is 0 Å². The van der Waals surface area contributed by atoms with E-state index in [1.165, 1.54) is 0 Å². The maximum Gasteiger partial charge on any atom is 0.228 e. The lowest BCUT2D eigenvalue weighted by atomic mass is 10.2. The standard InChI is InChI=1S/C14H15ClN4O/c1-9(2)14(20)17-13-7-6-12(18-19-13)16-11-5-3-4-10(15)8-11/h3-9H,1-2H3,(H,16,18)(H,17,19,20). The zero-order chi connectivity index (χ0) is 14.5. The van der Waals surface area contributed by atoms with E-state index in [0.717, 1.165) is 5.69 Å². The van der Waals surface area contributed by atoms with Crippen LogP contribution >= 0.6 is 11.6 Å².